The van der Waals surface area contributed by atoms with Crippen LogP contribution < -0.4 is 0 Å². The molecule has 5 heteroatoms. The smallest absolute Gasteiger partial charge is 0.165 e. The van der Waals surface area contributed by atoms with E-state index in [2.05, 4.69) is 6.07 Å². The van der Waals surface area contributed by atoms with Crippen molar-refractivity contribution in [1.29, 1.82) is 5.26 Å². The second kappa shape index (κ2) is 8.48. The van der Waals surface area contributed by atoms with E-state index in [1.54, 1.807) is 0 Å². The third-order valence-corrected chi connectivity index (χ3v) is 2.63. The Kier molecular flexibility index (Phi) is 8.12. The van der Waals surface area contributed by atoms with Gasteiger partial charge in [0.05, 0.1) is 17.9 Å². The first-order chi connectivity index (χ1) is 7.69. The quantitative estimate of drug-likeness (QED) is 0.591. The second-order valence-corrected chi connectivity index (χ2v) is 3.40. The van der Waals surface area contributed by atoms with Gasteiger partial charge in [-0.2, -0.15) is 5.26 Å². The average molecular weight is 231 g/mol. The molecule has 0 saturated heterocycles. The lowest BCUT2D eigenvalue weighted by molar-refractivity contribution is -0.230. The number of nitriles is 1. The predicted molar refractivity (Wildman–Crippen MR) is 58.5 cm³/mol. The Morgan fingerprint density at radius 3 is 1.50 bits per heavy atom. The molecule has 5 nitrogen and oxygen atoms in total. The molecule has 0 aliphatic rings. The van der Waals surface area contributed by atoms with E-state index in [4.69, 9.17) is 24.2 Å². The lowest BCUT2D eigenvalue weighted by atomic mass is 9.89. The fourth-order valence-corrected chi connectivity index (χ4v) is 1.78. The van der Waals surface area contributed by atoms with Crippen molar-refractivity contribution in [3.63, 3.8) is 0 Å². The average Bonchev–Trinajstić information content (AvgIpc) is 2.33. The summed E-state index contributed by atoms with van der Waals surface area (Å²) >= 11 is 0. The summed E-state index contributed by atoms with van der Waals surface area (Å²) < 4.78 is 20.8. The van der Waals surface area contributed by atoms with E-state index in [1.807, 2.05) is 6.92 Å². The summed E-state index contributed by atoms with van der Waals surface area (Å²) in [5.41, 5.74) is 0. The lowest BCUT2D eigenvalue weighted by Crippen LogP contribution is -2.41. The summed E-state index contributed by atoms with van der Waals surface area (Å²) in [6.07, 6.45) is -0.350. The summed E-state index contributed by atoms with van der Waals surface area (Å²) in [5.74, 6) is -0.519. The van der Waals surface area contributed by atoms with Gasteiger partial charge < -0.3 is 18.9 Å². The van der Waals surface area contributed by atoms with Crippen LogP contribution in [0.1, 0.15) is 13.3 Å². The molecule has 0 spiro atoms. The molecule has 0 amide bonds. The van der Waals surface area contributed by atoms with E-state index in [0.717, 1.165) is 0 Å². The van der Waals surface area contributed by atoms with E-state index in [-0.39, 0.29) is 11.8 Å². The maximum Gasteiger partial charge on any atom is 0.165 e. The molecular weight excluding hydrogens is 210 g/mol. The van der Waals surface area contributed by atoms with Gasteiger partial charge in [0, 0.05) is 28.4 Å². The largest absolute Gasteiger partial charge is 0.355 e. The molecule has 0 rings (SSSR count). The van der Waals surface area contributed by atoms with Crippen LogP contribution in [0.5, 0.6) is 0 Å². The zero-order chi connectivity index (χ0) is 12.6. The Labute approximate surface area is 97.2 Å². The fourth-order valence-electron chi connectivity index (χ4n) is 1.78. The highest BCUT2D eigenvalue weighted by molar-refractivity contribution is 4.90. The Bertz CT molecular complexity index is 197. The van der Waals surface area contributed by atoms with Crippen molar-refractivity contribution in [2.45, 2.75) is 25.9 Å². The van der Waals surface area contributed by atoms with Gasteiger partial charge in [0.2, 0.25) is 0 Å². The minimum Gasteiger partial charge on any atom is -0.355 e. The fraction of sp³-hybridized carbons (Fsp3) is 0.909. The van der Waals surface area contributed by atoms with Crippen molar-refractivity contribution in [1.82, 2.24) is 0 Å². The van der Waals surface area contributed by atoms with Crippen LogP contribution in [0.4, 0.5) is 0 Å². The highest BCUT2D eigenvalue weighted by Crippen LogP contribution is 2.27. The number of nitrogens with zero attached hydrogens (tertiary/aromatic N) is 1. The van der Waals surface area contributed by atoms with Crippen molar-refractivity contribution < 1.29 is 18.9 Å². The van der Waals surface area contributed by atoms with Crippen LogP contribution in [-0.2, 0) is 18.9 Å². The van der Waals surface area contributed by atoms with Crippen LogP contribution >= 0.6 is 0 Å². The van der Waals surface area contributed by atoms with E-state index in [9.17, 15) is 0 Å². The highest BCUT2D eigenvalue weighted by Gasteiger charge is 2.36. The number of methoxy groups -OCH3 is 4. The molecule has 0 unspecified atom stereocenters. The van der Waals surface area contributed by atoms with Crippen molar-refractivity contribution >= 4 is 0 Å². The van der Waals surface area contributed by atoms with Crippen LogP contribution in [0.15, 0.2) is 0 Å². The number of ether oxygens (including phenoxy) is 4. The Hall–Kier alpha value is -0.670. The topological polar surface area (TPSA) is 60.7 Å². The molecule has 0 fully saturated rings. The third kappa shape index (κ3) is 3.72. The highest BCUT2D eigenvalue weighted by atomic mass is 16.7. The monoisotopic (exact) mass is 231 g/mol. The minimum atomic E-state index is -0.519. The molecule has 0 heterocycles. The van der Waals surface area contributed by atoms with Gasteiger partial charge in [-0.25, -0.2) is 0 Å². The van der Waals surface area contributed by atoms with Crippen molar-refractivity contribution in [3.8, 4) is 6.07 Å². The first-order valence-electron chi connectivity index (χ1n) is 5.20. The van der Waals surface area contributed by atoms with Gasteiger partial charge in [-0.15, -0.1) is 0 Å². The van der Waals surface area contributed by atoms with Gasteiger partial charge in [0.15, 0.2) is 12.6 Å². The van der Waals surface area contributed by atoms with Gasteiger partial charge in [0.1, 0.15) is 0 Å². The van der Waals surface area contributed by atoms with Crippen LogP contribution in [0.3, 0.4) is 0 Å². The van der Waals surface area contributed by atoms with Crippen LogP contribution in [-0.4, -0.2) is 41.0 Å². The summed E-state index contributed by atoms with van der Waals surface area (Å²) in [5, 5.41) is 9.10. The zero-order valence-corrected chi connectivity index (χ0v) is 10.6. The van der Waals surface area contributed by atoms with Crippen molar-refractivity contribution in [2.24, 2.45) is 11.8 Å². The molecule has 0 aromatic rings. The minimum absolute atomic E-state index is 0.241. The van der Waals surface area contributed by atoms with E-state index in [1.165, 1.54) is 28.4 Å². The number of hydrogen-bond acceptors (Lipinski definition) is 5. The Balaban J connectivity index is 4.93. The van der Waals surface area contributed by atoms with Crippen LogP contribution in [0.25, 0.3) is 0 Å². The standard InChI is InChI=1S/C11H21NO4/c1-6-8(7-12)9(10(13-2)14-3)11(15-4)16-5/h8-11H,6H2,1-5H3/t8-/m1/s1. The Morgan fingerprint density at radius 1 is 0.938 bits per heavy atom. The van der Waals surface area contributed by atoms with Gasteiger partial charge >= 0.3 is 0 Å². The van der Waals surface area contributed by atoms with Crippen LogP contribution in [0, 0.1) is 23.2 Å². The summed E-state index contributed by atoms with van der Waals surface area (Å²) in [7, 11) is 6.14. The van der Waals surface area contributed by atoms with Crippen LogP contribution in [0.2, 0.25) is 0 Å². The van der Waals surface area contributed by atoms with Gasteiger partial charge in [-0.05, 0) is 6.42 Å². The van der Waals surface area contributed by atoms with E-state index in [0.29, 0.717) is 6.42 Å². The van der Waals surface area contributed by atoms with Crippen molar-refractivity contribution in [3.05, 3.63) is 0 Å². The summed E-state index contributed by atoms with van der Waals surface area (Å²) in [4.78, 5) is 0. The number of rotatable bonds is 8. The number of hydrogen-bond donors (Lipinski definition) is 0. The Morgan fingerprint density at radius 2 is 1.31 bits per heavy atom. The van der Waals surface area contributed by atoms with Gasteiger partial charge in [-0.1, -0.05) is 6.92 Å². The third-order valence-electron chi connectivity index (χ3n) is 2.63. The molecule has 0 aliphatic heterocycles. The predicted octanol–water partition coefficient (Wildman–Crippen LogP) is 1.39. The zero-order valence-electron chi connectivity index (χ0n) is 10.6. The summed E-state index contributed by atoms with van der Waals surface area (Å²) in [6, 6.07) is 2.23. The molecule has 1 atom stereocenters. The first kappa shape index (κ1) is 15.3. The van der Waals surface area contributed by atoms with E-state index >= 15 is 0 Å². The second-order valence-electron chi connectivity index (χ2n) is 3.40. The molecule has 16 heavy (non-hydrogen) atoms. The molecular formula is C11H21NO4. The lowest BCUT2D eigenvalue weighted by Gasteiger charge is -2.32. The molecule has 0 saturated carbocycles. The van der Waals surface area contributed by atoms with Gasteiger partial charge in [-0.3, -0.25) is 0 Å². The first-order valence-corrected chi connectivity index (χ1v) is 5.20. The molecule has 0 N–H and O–H groups in total. The van der Waals surface area contributed by atoms with Gasteiger partial charge in [0.25, 0.3) is 0 Å². The van der Waals surface area contributed by atoms with E-state index < -0.39 is 12.6 Å². The maximum absolute atomic E-state index is 9.10. The SMILES string of the molecule is CC[C@H](C#N)C(C(OC)OC)C(OC)OC. The molecule has 0 radical (unpaired) electrons. The molecule has 0 aromatic carbocycles. The maximum atomic E-state index is 9.10. The molecule has 0 bridgehead atoms. The summed E-state index contributed by atoms with van der Waals surface area (Å²) in [6.45, 7) is 1.94. The molecule has 0 aliphatic carbocycles. The van der Waals surface area contributed by atoms with Crippen molar-refractivity contribution in [2.75, 3.05) is 28.4 Å². The molecule has 0 aromatic heterocycles. The normalized spacial score (nSPS) is 13.4. The molecule has 94 valence electrons.